The van der Waals surface area contributed by atoms with E-state index in [1.807, 2.05) is 45.0 Å². The van der Waals surface area contributed by atoms with Crippen LogP contribution in [0.1, 0.15) is 51.9 Å². The third kappa shape index (κ3) is 5.83. The fourth-order valence-corrected chi connectivity index (χ4v) is 5.81. The van der Waals surface area contributed by atoms with Crippen molar-refractivity contribution in [3.8, 4) is 11.3 Å². The van der Waals surface area contributed by atoms with E-state index >= 15 is 4.39 Å². The van der Waals surface area contributed by atoms with Crippen LogP contribution >= 0.6 is 11.6 Å². The summed E-state index contributed by atoms with van der Waals surface area (Å²) in [6, 6.07) is 14.1. The Hall–Kier alpha value is -2.66. The van der Waals surface area contributed by atoms with Gasteiger partial charge in [0.25, 0.3) is 0 Å². The fourth-order valence-electron chi connectivity index (χ4n) is 3.84. The van der Waals surface area contributed by atoms with Gasteiger partial charge in [-0.2, -0.15) is 0 Å². The lowest BCUT2D eigenvalue weighted by Crippen LogP contribution is -2.37. The van der Waals surface area contributed by atoms with Crippen LogP contribution in [0.5, 0.6) is 0 Å². The Morgan fingerprint density at radius 2 is 1.82 bits per heavy atom. The van der Waals surface area contributed by atoms with Gasteiger partial charge in [-0.05, 0) is 64.4 Å². The summed E-state index contributed by atoms with van der Waals surface area (Å²) in [7, 11) is -5.27. The van der Waals surface area contributed by atoms with Gasteiger partial charge in [0, 0.05) is 28.5 Å². The average Bonchev–Trinajstić information content (AvgIpc) is 3.26. The number of aromatic nitrogens is 2. The summed E-state index contributed by atoms with van der Waals surface area (Å²) in [5.41, 5.74) is 2.35. The minimum absolute atomic E-state index is 0.0540. The second-order valence-electron chi connectivity index (χ2n) is 10.2. The summed E-state index contributed by atoms with van der Waals surface area (Å²) >= 11 is 6.11. The highest BCUT2D eigenvalue weighted by Gasteiger charge is 2.29. The standard InChI is InChI=1S/C27H29ClFN3O4S2/c1-16(2)38(34,35)25-13-12-21(29)23(30-25)15-22(32-37(33)27(3,4)5)18-8-6-7-9-19(18)26-20-11-10-17(28)14-24(20)36-31-26/h6-14,16,22,32H,15H2,1-5H3/t22-,37-/m0/s1. The van der Waals surface area contributed by atoms with Crippen molar-refractivity contribution >= 4 is 43.4 Å². The Morgan fingerprint density at radius 1 is 1.11 bits per heavy atom. The summed E-state index contributed by atoms with van der Waals surface area (Å²) in [6.45, 7) is 8.55. The molecule has 0 saturated heterocycles. The van der Waals surface area contributed by atoms with Gasteiger partial charge in [0.05, 0.1) is 32.7 Å². The number of sulfone groups is 1. The van der Waals surface area contributed by atoms with Crippen molar-refractivity contribution in [3.63, 3.8) is 0 Å². The zero-order valence-corrected chi connectivity index (χ0v) is 24.0. The molecule has 0 radical (unpaired) electrons. The first-order chi connectivity index (χ1) is 17.8. The van der Waals surface area contributed by atoms with Crippen molar-refractivity contribution in [1.29, 1.82) is 0 Å². The second-order valence-corrected chi connectivity index (χ2v) is 15.1. The third-order valence-corrected chi connectivity index (χ3v) is 9.93. The first kappa shape index (κ1) is 28.4. The quantitative estimate of drug-likeness (QED) is 0.267. The number of hydrogen-bond donors (Lipinski definition) is 1. The van der Waals surface area contributed by atoms with Crippen molar-refractivity contribution in [2.45, 2.75) is 62.1 Å². The van der Waals surface area contributed by atoms with E-state index in [-0.39, 0.29) is 17.1 Å². The van der Waals surface area contributed by atoms with E-state index in [0.717, 1.165) is 11.5 Å². The van der Waals surface area contributed by atoms with Crippen LogP contribution in [0, 0.1) is 5.82 Å². The third-order valence-electron chi connectivity index (χ3n) is 6.03. The largest absolute Gasteiger partial charge is 0.356 e. The number of nitrogens with zero attached hydrogens (tertiary/aromatic N) is 2. The maximum absolute atomic E-state index is 15.0. The Bertz CT molecular complexity index is 1610. The van der Waals surface area contributed by atoms with E-state index < -0.39 is 42.7 Å². The lowest BCUT2D eigenvalue weighted by atomic mass is 9.94. The second kappa shape index (κ2) is 10.8. The van der Waals surface area contributed by atoms with E-state index in [4.69, 9.17) is 16.1 Å². The van der Waals surface area contributed by atoms with Crippen LogP contribution in [-0.2, 0) is 27.2 Å². The van der Waals surface area contributed by atoms with Crippen LogP contribution in [0.3, 0.4) is 0 Å². The smallest absolute Gasteiger partial charge is 0.197 e. The summed E-state index contributed by atoms with van der Waals surface area (Å²) in [6.07, 6.45) is -0.0618. The lowest BCUT2D eigenvalue weighted by molar-refractivity contribution is 0.459. The van der Waals surface area contributed by atoms with Crippen LogP contribution in [-0.4, -0.2) is 32.8 Å². The maximum Gasteiger partial charge on any atom is 0.197 e. The van der Waals surface area contributed by atoms with E-state index in [9.17, 15) is 12.6 Å². The molecule has 4 rings (SSSR count). The average molecular weight is 578 g/mol. The number of rotatable bonds is 8. The van der Waals surface area contributed by atoms with Crippen molar-refractivity contribution in [2.24, 2.45) is 0 Å². The number of hydrogen-bond acceptors (Lipinski definition) is 6. The van der Waals surface area contributed by atoms with Gasteiger partial charge in [-0.1, -0.05) is 41.0 Å². The van der Waals surface area contributed by atoms with E-state index in [2.05, 4.69) is 14.9 Å². The molecule has 11 heteroatoms. The van der Waals surface area contributed by atoms with Gasteiger partial charge in [0.2, 0.25) is 0 Å². The topological polar surface area (TPSA) is 102 Å². The number of benzene rings is 2. The molecule has 2 aromatic heterocycles. The molecule has 0 aliphatic heterocycles. The highest BCUT2D eigenvalue weighted by atomic mass is 35.5. The molecule has 202 valence electrons. The predicted octanol–water partition coefficient (Wildman–Crippen LogP) is 6.20. The zero-order valence-electron chi connectivity index (χ0n) is 21.7. The number of fused-ring (bicyclic) bond motifs is 1. The molecule has 0 unspecified atom stereocenters. The summed E-state index contributed by atoms with van der Waals surface area (Å²) in [5, 5.41) is 4.58. The van der Waals surface area contributed by atoms with Crippen molar-refractivity contribution in [1.82, 2.24) is 14.9 Å². The highest BCUT2D eigenvalue weighted by molar-refractivity contribution is 7.91. The molecule has 0 saturated carbocycles. The monoisotopic (exact) mass is 577 g/mol. The lowest BCUT2D eigenvalue weighted by Gasteiger charge is -2.26. The van der Waals surface area contributed by atoms with Gasteiger partial charge in [-0.25, -0.2) is 26.7 Å². The van der Waals surface area contributed by atoms with Gasteiger partial charge in [0.1, 0.15) is 11.5 Å². The molecule has 0 aliphatic carbocycles. The molecule has 2 atom stereocenters. The fraction of sp³-hybridized carbons (Fsp3) is 0.333. The zero-order chi connectivity index (χ0) is 27.8. The minimum Gasteiger partial charge on any atom is -0.356 e. The highest BCUT2D eigenvalue weighted by Crippen LogP contribution is 2.35. The molecule has 2 aromatic carbocycles. The van der Waals surface area contributed by atoms with Crippen LogP contribution in [0.15, 0.2) is 64.1 Å². The van der Waals surface area contributed by atoms with Crippen LogP contribution in [0.4, 0.5) is 4.39 Å². The molecule has 7 nitrogen and oxygen atoms in total. The van der Waals surface area contributed by atoms with Crippen molar-refractivity contribution in [3.05, 3.63) is 76.7 Å². The molecule has 0 bridgehead atoms. The molecule has 0 amide bonds. The molecular formula is C27H29ClFN3O4S2. The van der Waals surface area contributed by atoms with Crippen LogP contribution < -0.4 is 4.72 Å². The van der Waals surface area contributed by atoms with Crippen LogP contribution in [0.25, 0.3) is 22.2 Å². The van der Waals surface area contributed by atoms with E-state index in [1.165, 1.54) is 6.07 Å². The molecular weight excluding hydrogens is 549 g/mol. The first-order valence-corrected chi connectivity index (χ1v) is 15.1. The first-order valence-electron chi connectivity index (χ1n) is 12.0. The van der Waals surface area contributed by atoms with E-state index in [0.29, 0.717) is 27.4 Å². The molecule has 0 spiro atoms. The van der Waals surface area contributed by atoms with Gasteiger partial charge >= 0.3 is 0 Å². The van der Waals surface area contributed by atoms with Crippen molar-refractivity contribution < 1.29 is 21.5 Å². The summed E-state index contributed by atoms with van der Waals surface area (Å²) < 4.78 is 61.7. The number of pyridine rings is 1. The minimum atomic E-state index is -3.73. The summed E-state index contributed by atoms with van der Waals surface area (Å²) in [5.74, 6) is -0.653. The predicted molar refractivity (Wildman–Crippen MR) is 148 cm³/mol. The Morgan fingerprint density at radius 3 is 2.50 bits per heavy atom. The molecule has 38 heavy (non-hydrogen) atoms. The van der Waals surface area contributed by atoms with Crippen LogP contribution in [0.2, 0.25) is 5.02 Å². The molecule has 0 aliphatic rings. The van der Waals surface area contributed by atoms with E-state index in [1.54, 1.807) is 32.0 Å². The molecule has 0 fully saturated rings. The normalized spacial score (nSPS) is 14.2. The number of halogens is 2. The molecule has 4 aromatic rings. The Balaban J connectivity index is 1.85. The van der Waals surface area contributed by atoms with Gasteiger partial charge < -0.3 is 4.52 Å². The Labute approximate surface area is 229 Å². The van der Waals surface area contributed by atoms with Gasteiger partial charge in [-0.3, -0.25) is 0 Å². The summed E-state index contributed by atoms with van der Waals surface area (Å²) in [4.78, 5) is 4.20. The maximum atomic E-state index is 15.0. The van der Waals surface area contributed by atoms with Gasteiger partial charge in [-0.15, -0.1) is 0 Å². The SMILES string of the molecule is CC(C)S(=O)(=O)c1ccc(F)c(C[C@H](N[S@@](=O)C(C)(C)C)c2ccccc2-c2noc3cc(Cl)ccc23)n1. The Kier molecular flexibility index (Phi) is 8.09. The van der Waals surface area contributed by atoms with Crippen molar-refractivity contribution in [2.75, 3.05) is 0 Å². The molecule has 1 N–H and O–H groups in total. The number of nitrogens with one attached hydrogen (secondary N) is 1. The molecule has 2 heterocycles. The van der Waals surface area contributed by atoms with Gasteiger partial charge in [0.15, 0.2) is 20.4 Å².